The molecular weight excluding hydrogens is 909 g/mol. The molecule has 75 heavy (non-hydrogen) atoms. The highest BCUT2D eigenvalue weighted by atomic mass is 16.3. The summed E-state index contributed by atoms with van der Waals surface area (Å²) in [7, 11) is 0. The van der Waals surface area contributed by atoms with Crippen LogP contribution in [0.2, 0.25) is 0 Å². The Balaban J connectivity index is 0.000000482. The van der Waals surface area contributed by atoms with Gasteiger partial charge in [0.15, 0.2) is 0 Å². The van der Waals surface area contributed by atoms with Gasteiger partial charge in [-0.05, 0) is 137 Å². The molecule has 0 N–H and O–H groups in total. The molecule has 0 fully saturated rings. The predicted molar refractivity (Wildman–Crippen MR) is 323 cm³/mol. The van der Waals surface area contributed by atoms with Crippen LogP contribution >= 0.6 is 0 Å². The molecule has 0 atom stereocenters. The van der Waals surface area contributed by atoms with Crippen molar-refractivity contribution >= 4 is 60.7 Å². The van der Waals surface area contributed by atoms with E-state index in [1.54, 1.807) is 0 Å². The number of hydrogen-bond donors (Lipinski definition) is 0. The van der Waals surface area contributed by atoms with Crippen molar-refractivity contribution in [2.24, 2.45) is 0 Å². The molecule has 2 heterocycles. The van der Waals surface area contributed by atoms with Crippen molar-refractivity contribution in [2.45, 2.75) is 54.4 Å². The lowest BCUT2D eigenvalue weighted by Crippen LogP contribution is -2.17. The number of furan rings is 1. The molecule has 10 aromatic carbocycles. The first-order valence-corrected chi connectivity index (χ1v) is 26.6. The number of nitrogens with zero attached hydrogens (tertiary/aromatic N) is 2. The van der Waals surface area contributed by atoms with Crippen molar-refractivity contribution in [3.8, 4) is 39.1 Å². The third-order valence-electron chi connectivity index (χ3n) is 14.2. The van der Waals surface area contributed by atoms with E-state index in [1.807, 2.05) is 27.7 Å². The molecule has 0 bridgehead atoms. The van der Waals surface area contributed by atoms with Crippen LogP contribution in [0.4, 0.5) is 11.4 Å². The number of para-hydroxylation sites is 2. The molecule has 0 spiro atoms. The molecule has 3 heteroatoms. The van der Waals surface area contributed by atoms with E-state index in [-0.39, 0.29) is 0 Å². The van der Waals surface area contributed by atoms with E-state index in [9.17, 15) is 0 Å². The van der Waals surface area contributed by atoms with Crippen molar-refractivity contribution in [1.29, 1.82) is 0 Å². The van der Waals surface area contributed by atoms with E-state index in [0.29, 0.717) is 0 Å². The van der Waals surface area contributed by atoms with Crippen LogP contribution in [0.5, 0.6) is 0 Å². The molecule has 368 valence electrons. The fourth-order valence-electron chi connectivity index (χ4n) is 10.3. The summed E-state index contributed by atoms with van der Waals surface area (Å²) in [5, 5.41) is 4.72. The van der Waals surface area contributed by atoms with Crippen molar-refractivity contribution in [3.63, 3.8) is 0 Å². The number of hydrogen-bond acceptors (Lipinski definition) is 2. The second-order valence-electron chi connectivity index (χ2n) is 18.5. The molecule has 1 aliphatic rings. The summed E-state index contributed by atoms with van der Waals surface area (Å²) in [5.74, 6) is 0. The molecule has 0 saturated carbocycles. The first kappa shape index (κ1) is 49.6. The van der Waals surface area contributed by atoms with Crippen LogP contribution in [-0.2, 0) is 0 Å². The Hall–Kier alpha value is -8.92. The Morgan fingerprint density at radius 3 is 1.33 bits per heavy atom. The van der Waals surface area contributed by atoms with Gasteiger partial charge < -0.3 is 13.9 Å². The summed E-state index contributed by atoms with van der Waals surface area (Å²) in [4.78, 5) is 2.42. The fourth-order valence-corrected chi connectivity index (χ4v) is 10.3. The molecule has 0 saturated heterocycles. The van der Waals surface area contributed by atoms with Crippen LogP contribution in [0.15, 0.2) is 265 Å². The quantitative estimate of drug-likeness (QED) is 0.151. The van der Waals surface area contributed by atoms with Crippen LogP contribution in [0.25, 0.3) is 88.4 Å². The summed E-state index contributed by atoms with van der Waals surface area (Å²) >= 11 is 0. The van der Waals surface area contributed by atoms with Crippen LogP contribution in [0.1, 0.15) is 57.2 Å². The van der Waals surface area contributed by atoms with E-state index >= 15 is 0 Å². The Labute approximate surface area is 443 Å². The number of benzene rings is 10. The number of anilines is 2. The van der Waals surface area contributed by atoms with Gasteiger partial charge in [0.1, 0.15) is 11.2 Å². The average Bonchev–Trinajstić information content (AvgIpc) is 4.16. The largest absolute Gasteiger partial charge is 0.455 e. The molecule has 12 aromatic rings. The van der Waals surface area contributed by atoms with E-state index in [2.05, 4.69) is 278 Å². The molecule has 0 aliphatic heterocycles. The zero-order chi connectivity index (χ0) is 51.7. The maximum atomic E-state index is 6.93. The molecule has 0 amide bonds. The van der Waals surface area contributed by atoms with E-state index in [0.717, 1.165) is 57.4 Å². The summed E-state index contributed by atoms with van der Waals surface area (Å²) < 4.78 is 9.37. The van der Waals surface area contributed by atoms with Gasteiger partial charge in [-0.1, -0.05) is 222 Å². The van der Waals surface area contributed by atoms with Gasteiger partial charge in [0.25, 0.3) is 0 Å². The van der Waals surface area contributed by atoms with Crippen LogP contribution in [-0.4, -0.2) is 4.57 Å². The van der Waals surface area contributed by atoms with Gasteiger partial charge >= 0.3 is 0 Å². The first-order chi connectivity index (χ1) is 37.1. The third-order valence-corrected chi connectivity index (χ3v) is 14.2. The fraction of sp³-hybridized carbons (Fsp3) is 0.111. The highest BCUT2D eigenvalue weighted by molar-refractivity contribution is 6.26. The zero-order valence-corrected chi connectivity index (χ0v) is 44.0. The summed E-state index contributed by atoms with van der Waals surface area (Å²) in [6, 6.07) is 86.8. The Morgan fingerprint density at radius 1 is 0.400 bits per heavy atom. The van der Waals surface area contributed by atoms with E-state index in [4.69, 9.17) is 4.42 Å². The summed E-state index contributed by atoms with van der Waals surface area (Å²) in [5.41, 5.74) is 21.2. The lowest BCUT2D eigenvalue weighted by molar-refractivity contribution is 0.667. The monoisotopic (exact) mass is 973 g/mol. The maximum absolute atomic E-state index is 6.93. The smallest absolute Gasteiger partial charge is 0.145 e. The minimum Gasteiger partial charge on any atom is -0.455 e. The second-order valence-corrected chi connectivity index (χ2v) is 18.5. The summed E-state index contributed by atoms with van der Waals surface area (Å²) in [6.07, 6.45) is 6.38. The van der Waals surface area contributed by atoms with Gasteiger partial charge in [-0.25, -0.2) is 0 Å². The lowest BCUT2D eigenvalue weighted by atomic mass is 9.92. The molecular formula is C72H64N2O. The maximum Gasteiger partial charge on any atom is 0.145 e. The normalized spacial score (nSPS) is 11.9. The Kier molecular flexibility index (Phi) is 15.1. The van der Waals surface area contributed by atoms with Crippen LogP contribution < -0.4 is 4.90 Å². The van der Waals surface area contributed by atoms with E-state index in [1.165, 1.54) is 77.6 Å². The van der Waals surface area contributed by atoms with Crippen molar-refractivity contribution in [2.75, 3.05) is 4.90 Å². The minimum atomic E-state index is 0.863. The minimum absolute atomic E-state index is 0.863. The molecule has 0 unspecified atom stereocenters. The van der Waals surface area contributed by atoms with Crippen molar-refractivity contribution in [1.82, 2.24) is 4.57 Å². The van der Waals surface area contributed by atoms with E-state index < -0.39 is 0 Å². The van der Waals surface area contributed by atoms with Crippen LogP contribution in [0, 0.1) is 13.8 Å². The molecule has 0 radical (unpaired) electrons. The number of aromatic nitrogens is 1. The average molecular weight is 973 g/mol. The molecule has 2 aromatic heterocycles. The van der Waals surface area contributed by atoms with Crippen LogP contribution in [0.3, 0.4) is 0 Å². The van der Waals surface area contributed by atoms with Gasteiger partial charge in [-0.2, -0.15) is 0 Å². The molecule has 1 aliphatic carbocycles. The van der Waals surface area contributed by atoms with Crippen molar-refractivity contribution in [3.05, 3.63) is 277 Å². The molecule has 13 rings (SSSR count). The van der Waals surface area contributed by atoms with Gasteiger partial charge in [0, 0.05) is 44.5 Å². The number of aryl methyl sites for hydroxylation is 2. The van der Waals surface area contributed by atoms with Gasteiger partial charge in [0.2, 0.25) is 0 Å². The van der Waals surface area contributed by atoms with Gasteiger partial charge in [0.05, 0.1) is 16.4 Å². The second kappa shape index (κ2) is 22.9. The standard InChI is InChI=1S/C60H42N2O.C8H10.2C2H6/c1-4-14-41(15-5-1)44-24-32-48(33-25-44)61(49-34-26-45(27-35-49)42-16-6-2-7-17-42)50-38-30-47(31-39-50)54-40-55-52-20-10-12-22-56(52)62(51-36-28-46(29-37-51)43-18-8-3-9-19-43)59(55)58-53-21-11-13-23-57(53)63-60(54)58;1-7-5-3-4-6-8(7)2;2*1-2/h1-30,32-38,40H,31,39H2;3-6H,1-2H3;2*1-2H3. The number of fused-ring (bicyclic) bond motifs is 7. The first-order valence-electron chi connectivity index (χ1n) is 26.6. The highest BCUT2D eigenvalue weighted by Crippen LogP contribution is 2.46. The Morgan fingerprint density at radius 2 is 0.840 bits per heavy atom. The number of rotatable bonds is 8. The van der Waals surface area contributed by atoms with Crippen molar-refractivity contribution < 1.29 is 4.42 Å². The third kappa shape index (κ3) is 10.1. The Bertz CT molecular complexity index is 3790. The lowest BCUT2D eigenvalue weighted by Gasteiger charge is -2.30. The predicted octanol–water partition coefficient (Wildman–Crippen LogP) is 20.9. The SMILES string of the molecule is C1=C(c2cc3c4ccccc4n(-c4ccc(-c5ccccc5)cc4)c3c3c2oc2ccccc23)CCC(N(c2ccc(-c3ccccc3)cc2)c2ccc(-c3ccccc3)cc2)=C1.CC.CC.Cc1ccccc1C. The zero-order valence-electron chi connectivity index (χ0n) is 44.0. The summed E-state index contributed by atoms with van der Waals surface area (Å²) in [6.45, 7) is 12.2. The van der Waals surface area contributed by atoms with Gasteiger partial charge in [-0.15, -0.1) is 0 Å². The highest BCUT2D eigenvalue weighted by Gasteiger charge is 2.25. The molecule has 3 nitrogen and oxygen atoms in total. The van der Waals surface area contributed by atoms with Gasteiger partial charge in [-0.3, -0.25) is 0 Å². The topological polar surface area (TPSA) is 21.3 Å². The number of allylic oxidation sites excluding steroid dienone is 4.